The SMILES string of the molecule is CN(CC(C)(C)C)C(=O)C1CC(F)(F)CN1.Cl. The van der Waals surface area contributed by atoms with Crippen molar-refractivity contribution in [3.05, 3.63) is 0 Å². The van der Waals surface area contributed by atoms with Gasteiger partial charge in [-0.2, -0.15) is 0 Å². The Morgan fingerprint density at radius 2 is 2.00 bits per heavy atom. The highest BCUT2D eigenvalue weighted by Gasteiger charge is 2.43. The summed E-state index contributed by atoms with van der Waals surface area (Å²) in [6.07, 6.45) is -0.389. The summed E-state index contributed by atoms with van der Waals surface area (Å²) in [5.74, 6) is -2.99. The molecule has 1 fully saturated rings. The number of rotatable bonds is 2. The molecule has 1 saturated heterocycles. The van der Waals surface area contributed by atoms with Gasteiger partial charge in [0.15, 0.2) is 0 Å². The maximum atomic E-state index is 12.9. The molecule has 3 nitrogen and oxygen atoms in total. The molecular weight excluding hydrogens is 250 g/mol. The highest BCUT2D eigenvalue weighted by Crippen LogP contribution is 2.26. The van der Waals surface area contributed by atoms with Gasteiger partial charge in [0.25, 0.3) is 5.92 Å². The number of nitrogens with zero attached hydrogens (tertiary/aromatic N) is 1. The molecule has 1 heterocycles. The second kappa shape index (κ2) is 5.48. The molecule has 1 aliphatic rings. The third-order valence-corrected chi connectivity index (χ3v) is 2.50. The van der Waals surface area contributed by atoms with Crippen molar-refractivity contribution in [2.45, 2.75) is 39.2 Å². The Balaban J connectivity index is 0.00000256. The maximum absolute atomic E-state index is 12.9. The second-order valence-electron chi connectivity index (χ2n) is 5.75. The zero-order chi connectivity index (χ0) is 12.6. The molecule has 0 aromatic heterocycles. The van der Waals surface area contributed by atoms with E-state index in [4.69, 9.17) is 0 Å². The van der Waals surface area contributed by atoms with E-state index in [1.54, 1.807) is 7.05 Å². The van der Waals surface area contributed by atoms with Crippen LogP contribution in [0.15, 0.2) is 0 Å². The molecule has 1 aliphatic heterocycles. The molecule has 17 heavy (non-hydrogen) atoms. The predicted octanol–water partition coefficient (Wildman–Crippen LogP) is 1.91. The lowest BCUT2D eigenvalue weighted by Gasteiger charge is -2.28. The van der Waals surface area contributed by atoms with Gasteiger partial charge in [-0.3, -0.25) is 10.1 Å². The van der Waals surface area contributed by atoms with E-state index in [9.17, 15) is 13.6 Å². The van der Waals surface area contributed by atoms with Crippen LogP contribution in [-0.2, 0) is 4.79 Å². The zero-order valence-electron chi connectivity index (χ0n) is 10.7. The van der Waals surface area contributed by atoms with Crippen LogP contribution in [0.3, 0.4) is 0 Å². The summed E-state index contributed by atoms with van der Waals surface area (Å²) in [7, 11) is 1.66. The van der Waals surface area contributed by atoms with Gasteiger partial charge in [0.05, 0.1) is 12.6 Å². The van der Waals surface area contributed by atoms with E-state index in [0.717, 1.165) is 0 Å². The molecule has 0 aliphatic carbocycles. The molecule has 0 aromatic rings. The van der Waals surface area contributed by atoms with E-state index in [1.807, 2.05) is 20.8 Å². The molecule has 0 saturated carbocycles. The van der Waals surface area contributed by atoms with E-state index in [-0.39, 0.29) is 30.2 Å². The second-order valence-corrected chi connectivity index (χ2v) is 5.75. The van der Waals surface area contributed by atoms with Crippen molar-refractivity contribution in [1.82, 2.24) is 10.2 Å². The van der Waals surface area contributed by atoms with E-state index in [2.05, 4.69) is 5.32 Å². The number of carbonyl (C=O) groups excluding carboxylic acids is 1. The summed E-state index contributed by atoms with van der Waals surface area (Å²) in [6.45, 7) is 6.19. The van der Waals surface area contributed by atoms with Crippen LogP contribution >= 0.6 is 12.4 Å². The smallest absolute Gasteiger partial charge is 0.262 e. The minimum atomic E-state index is -2.75. The van der Waals surface area contributed by atoms with Crippen molar-refractivity contribution in [2.24, 2.45) is 5.41 Å². The number of halogens is 3. The summed E-state index contributed by atoms with van der Waals surface area (Å²) in [6, 6.07) is -0.734. The number of hydrogen-bond donors (Lipinski definition) is 1. The fourth-order valence-corrected chi connectivity index (χ4v) is 1.95. The van der Waals surface area contributed by atoms with Crippen molar-refractivity contribution in [1.29, 1.82) is 0 Å². The van der Waals surface area contributed by atoms with Crippen LogP contribution < -0.4 is 5.32 Å². The van der Waals surface area contributed by atoms with Crippen LogP contribution in [0.1, 0.15) is 27.2 Å². The molecule has 1 N–H and O–H groups in total. The van der Waals surface area contributed by atoms with E-state index >= 15 is 0 Å². The average Bonchev–Trinajstić information content (AvgIpc) is 2.41. The summed E-state index contributed by atoms with van der Waals surface area (Å²) in [4.78, 5) is 13.4. The quantitative estimate of drug-likeness (QED) is 0.831. The van der Waals surface area contributed by atoms with E-state index in [1.165, 1.54) is 4.90 Å². The standard InChI is InChI=1S/C11H20F2N2O.ClH/c1-10(2,3)7-15(4)9(16)8-5-11(12,13)6-14-8;/h8,14H,5-7H2,1-4H3;1H. The van der Waals surface area contributed by atoms with Gasteiger partial charge in [0.2, 0.25) is 5.91 Å². The minimum absolute atomic E-state index is 0. The molecule has 0 spiro atoms. The van der Waals surface area contributed by atoms with Gasteiger partial charge < -0.3 is 4.90 Å². The molecular formula is C11H21ClF2N2O. The monoisotopic (exact) mass is 270 g/mol. The average molecular weight is 271 g/mol. The normalized spacial score (nSPS) is 23.1. The Bertz CT molecular complexity index is 279. The molecule has 1 atom stereocenters. The third kappa shape index (κ3) is 5.17. The van der Waals surface area contributed by atoms with Crippen molar-refractivity contribution in [3.63, 3.8) is 0 Å². The number of carbonyl (C=O) groups is 1. The van der Waals surface area contributed by atoms with Crippen molar-refractivity contribution in [3.8, 4) is 0 Å². The number of nitrogens with one attached hydrogen (secondary N) is 1. The molecule has 0 bridgehead atoms. The van der Waals surface area contributed by atoms with Crippen LogP contribution in [0.25, 0.3) is 0 Å². The number of alkyl halides is 2. The molecule has 1 rings (SSSR count). The first kappa shape index (κ1) is 16.6. The van der Waals surface area contributed by atoms with Gasteiger partial charge in [-0.25, -0.2) is 8.78 Å². The Hall–Kier alpha value is -0.420. The minimum Gasteiger partial charge on any atom is -0.344 e. The van der Waals surface area contributed by atoms with Crippen LogP contribution in [0.5, 0.6) is 0 Å². The fraction of sp³-hybridized carbons (Fsp3) is 0.909. The van der Waals surface area contributed by atoms with Crippen molar-refractivity contribution >= 4 is 18.3 Å². The van der Waals surface area contributed by atoms with Gasteiger partial charge in [-0.05, 0) is 5.41 Å². The molecule has 1 unspecified atom stereocenters. The predicted molar refractivity (Wildman–Crippen MR) is 65.7 cm³/mol. The third-order valence-electron chi connectivity index (χ3n) is 2.50. The number of hydrogen-bond acceptors (Lipinski definition) is 2. The summed E-state index contributed by atoms with van der Waals surface area (Å²) < 4.78 is 25.8. The molecule has 1 amide bonds. The summed E-state index contributed by atoms with van der Waals surface area (Å²) in [5, 5.41) is 2.57. The van der Waals surface area contributed by atoms with E-state index < -0.39 is 18.5 Å². The zero-order valence-corrected chi connectivity index (χ0v) is 11.5. The first-order chi connectivity index (χ1) is 7.11. The Labute approximate surface area is 107 Å². The van der Waals surface area contributed by atoms with Gasteiger partial charge in [0, 0.05) is 20.0 Å². The first-order valence-electron chi connectivity index (χ1n) is 5.47. The first-order valence-corrected chi connectivity index (χ1v) is 5.47. The Morgan fingerprint density at radius 1 is 1.47 bits per heavy atom. The number of likely N-dealkylation sites (N-methyl/N-ethyl adjacent to an activating group) is 1. The Morgan fingerprint density at radius 3 is 2.35 bits per heavy atom. The van der Waals surface area contributed by atoms with Crippen molar-refractivity contribution < 1.29 is 13.6 Å². The lowest BCUT2D eigenvalue weighted by atomic mass is 9.96. The van der Waals surface area contributed by atoms with Gasteiger partial charge in [-0.15, -0.1) is 12.4 Å². The van der Waals surface area contributed by atoms with Crippen molar-refractivity contribution in [2.75, 3.05) is 20.1 Å². The largest absolute Gasteiger partial charge is 0.344 e. The summed E-state index contributed by atoms with van der Waals surface area (Å²) >= 11 is 0. The molecule has 102 valence electrons. The molecule has 0 radical (unpaired) electrons. The van der Waals surface area contributed by atoms with Crippen LogP contribution in [0, 0.1) is 5.41 Å². The maximum Gasteiger partial charge on any atom is 0.262 e. The Kier molecular flexibility index (Phi) is 5.35. The van der Waals surface area contributed by atoms with Gasteiger partial charge in [-0.1, -0.05) is 20.8 Å². The lowest BCUT2D eigenvalue weighted by molar-refractivity contribution is -0.133. The molecule has 6 heteroatoms. The summed E-state index contributed by atoms with van der Waals surface area (Å²) in [5.41, 5.74) is -0.0223. The fourth-order valence-electron chi connectivity index (χ4n) is 1.95. The van der Waals surface area contributed by atoms with Crippen LogP contribution in [0.4, 0.5) is 8.78 Å². The number of amides is 1. The van der Waals surface area contributed by atoms with Gasteiger partial charge >= 0.3 is 0 Å². The highest BCUT2D eigenvalue weighted by atomic mass is 35.5. The lowest BCUT2D eigenvalue weighted by Crippen LogP contribution is -2.44. The van der Waals surface area contributed by atoms with Crippen LogP contribution in [0.2, 0.25) is 0 Å². The molecule has 0 aromatic carbocycles. The highest BCUT2D eigenvalue weighted by molar-refractivity contribution is 5.85. The van der Waals surface area contributed by atoms with Gasteiger partial charge in [0.1, 0.15) is 0 Å². The van der Waals surface area contributed by atoms with Crippen LogP contribution in [-0.4, -0.2) is 42.9 Å². The van der Waals surface area contributed by atoms with E-state index in [0.29, 0.717) is 6.54 Å². The topological polar surface area (TPSA) is 32.3 Å².